The summed E-state index contributed by atoms with van der Waals surface area (Å²) in [5.41, 5.74) is 11.0. The first-order valence-electron chi connectivity index (χ1n) is 15.2. The number of aliphatic imine (C=N–C) groups is 1. The summed E-state index contributed by atoms with van der Waals surface area (Å²) in [5.74, 6) is 1.04. The zero-order valence-corrected chi connectivity index (χ0v) is 25.1. The highest BCUT2D eigenvalue weighted by Gasteiger charge is 2.35. The van der Waals surface area contributed by atoms with E-state index in [0.717, 1.165) is 11.4 Å². The smallest absolute Gasteiger partial charge is 0.230 e. The summed E-state index contributed by atoms with van der Waals surface area (Å²) in [5, 5.41) is 4.93. The molecular weight excluding hydrogens is 555 g/mol. The minimum atomic E-state index is -0.120. The lowest BCUT2D eigenvalue weighted by Crippen LogP contribution is -2.93. The minimum absolute atomic E-state index is 0.0629. The number of nitrogens with zero attached hydrogens (tertiary/aromatic N) is 2. The fourth-order valence-corrected chi connectivity index (χ4v) is 7.97. The normalized spacial score (nSPS) is 17.6. The van der Waals surface area contributed by atoms with Gasteiger partial charge in [-0.2, -0.15) is 0 Å². The van der Waals surface area contributed by atoms with E-state index in [-0.39, 0.29) is 12.3 Å². The monoisotopic (exact) mass is 584 g/mol. The number of fused-ring (bicyclic) bond motifs is 15. The van der Waals surface area contributed by atoms with E-state index < -0.39 is 0 Å². The number of hydrogen-bond donors (Lipinski definition) is 1. The van der Waals surface area contributed by atoms with E-state index in [0.29, 0.717) is 0 Å². The standard InChI is InChI=1S/C40H29N3S/c1-43-39-32-15-7-14-30(22-32)28-12-5-10-26(20-28)27-11-6-13-29(21-27)31-16-18-36-34(23-31)35-24-33(17-19-37(35)44-36)40(43)42-38(41-39)25-8-3-2-4-9-25/h2-24,39-40H,1H3,(H,41,42)/p+1. The molecule has 6 aromatic carbocycles. The number of rotatable bonds is 1. The summed E-state index contributed by atoms with van der Waals surface area (Å²) in [6, 6.07) is 51.4. The van der Waals surface area contributed by atoms with Crippen LogP contribution in [0.4, 0.5) is 0 Å². The molecule has 0 amide bonds. The van der Waals surface area contributed by atoms with Gasteiger partial charge in [-0.15, -0.1) is 11.3 Å². The van der Waals surface area contributed by atoms with Crippen LogP contribution >= 0.6 is 11.3 Å². The van der Waals surface area contributed by atoms with E-state index in [1.807, 2.05) is 11.3 Å². The Hall–Kier alpha value is -4.87. The van der Waals surface area contributed by atoms with Gasteiger partial charge >= 0.3 is 0 Å². The molecule has 0 fully saturated rings. The summed E-state index contributed by atoms with van der Waals surface area (Å²) in [6.07, 6.45) is -0.0572. The molecule has 44 heavy (non-hydrogen) atoms. The summed E-state index contributed by atoms with van der Waals surface area (Å²) in [7, 11) is 2.21. The van der Waals surface area contributed by atoms with Crippen LogP contribution in [-0.2, 0) is 0 Å². The van der Waals surface area contributed by atoms with Crippen molar-refractivity contribution in [1.82, 2.24) is 4.90 Å². The van der Waals surface area contributed by atoms with E-state index in [1.165, 1.54) is 64.7 Å². The van der Waals surface area contributed by atoms with Gasteiger partial charge in [0, 0.05) is 25.7 Å². The predicted octanol–water partition coefficient (Wildman–Crippen LogP) is 9.02. The number of thiophene rings is 1. The highest BCUT2D eigenvalue weighted by molar-refractivity contribution is 7.25. The Labute approximate surface area is 260 Å². The van der Waals surface area contributed by atoms with Crippen LogP contribution in [0.5, 0.6) is 0 Å². The van der Waals surface area contributed by atoms with Crippen molar-refractivity contribution in [2.24, 2.45) is 4.99 Å². The van der Waals surface area contributed by atoms with Crippen molar-refractivity contribution in [3.63, 3.8) is 0 Å². The predicted molar refractivity (Wildman–Crippen MR) is 184 cm³/mol. The summed E-state index contributed by atoms with van der Waals surface area (Å²) in [4.78, 5) is 7.81. The molecular formula is C40H30N3S+. The van der Waals surface area contributed by atoms with Crippen LogP contribution in [0.2, 0.25) is 0 Å². The Morgan fingerprint density at radius 1 is 0.523 bits per heavy atom. The molecule has 7 aromatic rings. The van der Waals surface area contributed by atoms with E-state index >= 15 is 0 Å². The van der Waals surface area contributed by atoms with E-state index in [4.69, 9.17) is 4.99 Å². The maximum absolute atomic E-state index is 5.39. The average molecular weight is 585 g/mol. The number of quaternary nitrogens is 1. The molecule has 2 atom stereocenters. The van der Waals surface area contributed by atoms with Crippen molar-refractivity contribution in [1.29, 1.82) is 0 Å². The molecule has 9 rings (SSSR count). The SMILES string of the molecule is CN1C2N=C(c3ccccc3)[NH2+]C1c1cccc(c1)-c1cccc(c1)-c1cccc(c1)-c1ccc3sc4ccc2cc4c3c1. The first-order chi connectivity index (χ1) is 21.7. The van der Waals surface area contributed by atoms with Gasteiger partial charge in [-0.1, -0.05) is 84.9 Å². The molecule has 4 heteroatoms. The van der Waals surface area contributed by atoms with Gasteiger partial charge in [0.2, 0.25) is 5.84 Å². The Morgan fingerprint density at radius 2 is 1.09 bits per heavy atom. The van der Waals surface area contributed by atoms with Crippen molar-refractivity contribution < 1.29 is 5.32 Å². The van der Waals surface area contributed by atoms with E-state index in [2.05, 4.69) is 157 Å². The van der Waals surface area contributed by atoms with Crippen molar-refractivity contribution >= 4 is 37.3 Å². The van der Waals surface area contributed by atoms with Crippen LogP contribution in [0, 0.1) is 0 Å². The van der Waals surface area contributed by atoms with Gasteiger partial charge in [0.05, 0.1) is 5.56 Å². The van der Waals surface area contributed by atoms with Gasteiger partial charge in [0.25, 0.3) is 0 Å². The lowest BCUT2D eigenvalue weighted by atomic mass is 9.94. The van der Waals surface area contributed by atoms with Gasteiger partial charge in [-0.3, -0.25) is 5.32 Å². The third kappa shape index (κ3) is 4.22. The second-order valence-corrected chi connectivity index (χ2v) is 13.0. The van der Waals surface area contributed by atoms with Gasteiger partial charge in [-0.25, -0.2) is 9.89 Å². The highest BCUT2D eigenvalue weighted by atomic mass is 32.1. The zero-order chi connectivity index (χ0) is 29.2. The molecule has 2 aliphatic rings. The average Bonchev–Trinajstić information content (AvgIpc) is 3.46. The molecule has 12 bridgehead atoms. The number of nitrogens with two attached hydrogens (primary N) is 1. The third-order valence-corrected chi connectivity index (χ3v) is 10.4. The molecule has 2 unspecified atom stereocenters. The Morgan fingerprint density at radius 3 is 1.80 bits per heavy atom. The Balaban J connectivity index is 1.32. The fourth-order valence-electron chi connectivity index (χ4n) is 6.90. The van der Waals surface area contributed by atoms with Gasteiger partial charge < -0.3 is 0 Å². The fraction of sp³-hybridized carbons (Fsp3) is 0.0750. The van der Waals surface area contributed by atoms with E-state index in [9.17, 15) is 0 Å². The molecule has 2 aliphatic heterocycles. The Bertz CT molecular complexity index is 2250. The molecule has 3 nitrogen and oxygen atoms in total. The lowest BCUT2D eigenvalue weighted by molar-refractivity contribution is -0.621. The topological polar surface area (TPSA) is 32.2 Å². The van der Waals surface area contributed by atoms with Crippen LogP contribution < -0.4 is 5.32 Å². The number of benzene rings is 6. The highest BCUT2D eigenvalue weighted by Crippen LogP contribution is 2.40. The van der Waals surface area contributed by atoms with Crippen LogP contribution in [0.15, 0.2) is 145 Å². The molecule has 0 saturated carbocycles. The largest absolute Gasteiger partial charge is 0.278 e. The number of amidine groups is 1. The second kappa shape index (κ2) is 10.1. The van der Waals surface area contributed by atoms with Crippen molar-refractivity contribution in [2.45, 2.75) is 12.3 Å². The lowest BCUT2D eigenvalue weighted by Gasteiger charge is -2.35. The summed E-state index contributed by atoms with van der Waals surface area (Å²) in [6.45, 7) is 0. The molecule has 0 aliphatic carbocycles. The van der Waals surface area contributed by atoms with Crippen molar-refractivity contribution in [3.8, 4) is 33.4 Å². The van der Waals surface area contributed by atoms with Crippen LogP contribution in [0.3, 0.4) is 0 Å². The molecule has 0 radical (unpaired) electrons. The van der Waals surface area contributed by atoms with Gasteiger partial charge in [-0.05, 0) is 101 Å². The first kappa shape index (κ1) is 25.6. The van der Waals surface area contributed by atoms with Crippen LogP contribution in [0.1, 0.15) is 29.0 Å². The third-order valence-electron chi connectivity index (χ3n) is 9.22. The maximum Gasteiger partial charge on any atom is 0.230 e. The molecule has 0 saturated heterocycles. The Kier molecular flexibility index (Phi) is 5.88. The van der Waals surface area contributed by atoms with Crippen molar-refractivity contribution in [3.05, 3.63) is 156 Å². The minimum Gasteiger partial charge on any atom is -0.278 e. The first-order valence-corrected chi connectivity index (χ1v) is 16.0. The summed E-state index contributed by atoms with van der Waals surface area (Å²) >= 11 is 1.87. The quantitative estimate of drug-likeness (QED) is 0.205. The molecule has 210 valence electrons. The van der Waals surface area contributed by atoms with Gasteiger partial charge in [0.15, 0.2) is 6.17 Å². The second-order valence-electron chi connectivity index (χ2n) is 11.9. The van der Waals surface area contributed by atoms with E-state index in [1.54, 1.807) is 0 Å². The maximum atomic E-state index is 5.39. The summed E-state index contributed by atoms with van der Waals surface area (Å²) < 4.78 is 2.62. The zero-order valence-electron chi connectivity index (χ0n) is 24.3. The molecule has 3 heterocycles. The van der Waals surface area contributed by atoms with Crippen LogP contribution in [-0.4, -0.2) is 17.8 Å². The van der Waals surface area contributed by atoms with Crippen molar-refractivity contribution in [2.75, 3.05) is 7.05 Å². The number of hydrogen-bond acceptors (Lipinski definition) is 3. The molecule has 1 aromatic heterocycles. The molecule has 2 N–H and O–H groups in total. The molecule has 0 spiro atoms. The van der Waals surface area contributed by atoms with Crippen LogP contribution in [0.25, 0.3) is 53.6 Å². The van der Waals surface area contributed by atoms with Gasteiger partial charge in [0.1, 0.15) is 6.17 Å².